The third kappa shape index (κ3) is 3.79. The van der Waals surface area contributed by atoms with Crippen molar-refractivity contribution in [3.05, 3.63) is 102 Å². The van der Waals surface area contributed by atoms with E-state index in [9.17, 15) is 62.3 Å². The Morgan fingerprint density at radius 3 is 0.639 bits per heavy atom. The summed E-state index contributed by atoms with van der Waals surface area (Å²) in [6, 6.07) is 0. The van der Waals surface area contributed by atoms with Gasteiger partial charge in [-0.05, 0) is 0 Å². The summed E-state index contributed by atoms with van der Waals surface area (Å²) in [6.45, 7) is 0. The summed E-state index contributed by atoms with van der Waals surface area (Å²) in [6.07, 6.45) is 0. The van der Waals surface area contributed by atoms with Crippen LogP contribution in [0.1, 0.15) is 31.8 Å². The molecular formula is C20Cl2F12O2. The number of carbonyl (C=O) groups excluding carboxylic acids is 2. The molecule has 3 rings (SSSR count). The molecule has 0 atom stereocenters. The van der Waals surface area contributed by atoms with E-state index >= 15 is 0 Å². The Bertz CT molecular complexity index is 1320. The smallest absolute Gasteiger partial charge is 0.205 e. The van der Waals surface area contributed by atoms with Gasteiger partial charge in [0.2, 0.25) is 11.6 Å². The molecule has 0 heterocycles. The molecule has 36 heavy (non-hydrogen) atoms. The van der Waals surface area contributed by atoms with Gasteiger partial charge < -0.3 is 0 Å². The van der Waals surface area contributed by atoms with E-state index in [1.165, 1.54) is 0 Å². The van der Waals surface area contributed by atoms with Gasteiger partial charge in [-0.25, -0.2) is 52.7 Å². The van der Waals surface area contributed by atoms with E-state index in [1.807, 2.05) is 0 Å². The molecule has 2 nitrogen and oxygen atoms in total. The molecule has 0 saturated carbocycles. The predicted molar refractivity (Wildman–Crippen MR) is 95.7 cm³/mol. The van der Waals surface area contributed by atoms with Crippen LogP contribution >= 0.6 is 23.2 Å². The SMILES string of the molecule is O=C(c1c(F)c(F)c(Cl)c(F)c1F)c1c(F)c(F)c(C(=O)c2c(F)c(F)c(Cl)c(F)c2F)c(F)c1F. The summed E-state index contributed by atoms with van der Waals surface area (Å²) in [5, 5.41) is -3.68. The van der Waals surface area contributed by atoms with E-state index in [4.69, 9.17) is 23.2 Å². The number of halogens is 14. The molecule has 0 bridgehead atoms. The second-order valence-corrected chi connectivity index (χ2v) is 7.31. The molecule has 3 aromatic carbocycles. The van der Waals surface area contributed by atoms with Gasteiger partial charge >= 0.3 is 0 Å². The minimum atomic E-state index is -2.95. The zero-order valence-electron chi connectivity index (χ0n) is 16.1. The first-order valence-corrected chi connectivity index (χ1v) is 9.31. The van der Waals surface area contributed by atoms with E-state index < -0.39 is 114 Å². The summed E-state index contributed by atoms with van der Waals surface area (Å²) >= 11 is 9.85. The van der Waals surface area contributed by atoms with Crippen LogP contribution in [-0.2, 0) is 0 Å². The average Bonchev–Trinajstić information content (AvgIpc) is 2.83. The molecule has 3 aromatic rings. The van der Waals surface area contributed by atoms with Gasteiger partial charge in [0.25, 0.3) is 0 Å². The van der Waals surface area contributed by atoms with Gasteiger partial charge in [-0.2, -0.15) is 0 Å². The first-order valence-electron chi connectivity index (χ1n) is 8.55. The van der Waals surface area contributed by atoms with Crippen LogP contribution in [0.5, 0.6) is 0 Å². The van der Waals surface area contributed by atoms with Crippen molar-refractivity contribution in [2.75, 3.05) is 0 Å². The molecule has 0 fully saturated rings. The lowest BCUT2D eigenvalue weighted by Crippen LogP contribution is -2.21. The summed E-state index contributed by atoms with van der Waals surface area (Å²) in [7, 11) is 0. The van der Waals surface area contributed by atoms with Gasteiger partial charge in [0.15, 0.2) is 69.8 Å². The van der Waals surface area contributed by atoms with Crippen LogP contribution in [0.3, 0.4) is 0 Å². The van der Waals surface area contributed by atoms with Crippen LogP contribution in [-0.4, -0.2) is 11.6 Å². The fraction of sp³-hybridized carbons (Fsp3) is 0. The maximum atomic E-state index is 14.5. The van der Waals surface area contributed by atoms with Crippen molar-refractivity contribution in [2.24, 2.45) is 0 Å². The van der Waals surface area contributed by atoms with E-state index in [0.717, 1.165) is 0 Å². The first kappa shape index (κ1) is 27.3. The Morgan fingerprint density at radius 2 is 0.472 bits per heavy atom. The molecular weight excluding hydrogens is 571 g/mol. The van der Waals surface area contributed by atoms with Crippen LogP contribution in [0.2, 0.25) is 10.0 Å². The largest absolute Gasteiger partial charge is 0.288 e. The number of ketones is 2. The summed E-state index contributed by atoms with van der Waals surface area (Å²) < 4.78 is 168. The quantitative estimate of drug-likeness (QED) is 0.145. The molecule has 0 radical (unpaired) electrons. The number of hydrogen-bond acceptors (Lipinski definition) is 2. The number of hydrogen-bond donors (Lipinski definition) is 0. The van der Waals surface area contributed by atoms with Crippen molar-refractivity contribution >= 4 is 34.8 Å². The van der Waals surface area contributed by atoms with E-state index in [2.05, 4.69) is 0 Å². The maximum absolute atomic E-state index is 14.5. The minimum absolute atomic E-state index is 1.84. The molecule has 0 aliphatic rings. The van der Waals surface area contributed by atoms with Crippen molar-refractivity contribution < 1.29 is 62.3 Å². The van der Waals surface area contributed by atoms with Gasteiger partial charge in [-0.1, -0.05) is 23.2 Å². The lowest BCUT2D eigenvalue weighted by molar-refractivity contribution is 0.0995. The zero-order chi connectivity index (χ0) is 27.5. The molecule has 0 aliphatic heterocycles. The summed E-state index contributed by atoms with van der Waals surface area (Å²) in [5.74, 6) is -37.6. The molecule has 0 saturated heterocycles. The molecule has 190 valence electrons. The number of benzene rings is 3. The Morgan fingerprint density at radius 1 is 0.333 bits per heavy atom. The first-order chi connectivity index (χ1) is 16.6. The highest BCUT2D eigenvalue weighted by atomic mass is 35.5. The number of carbonyl (C=O) groups is 2. The fourth-order valence-electron chi connectivity index (χ4n) is 2.89. The van der Waals surface area contributed by atoms with Crippen molar-refractivity contribution in [3.63, 3.8) is 0 Å². The van der Waals surface area contributed by atoms with Crippen LogP contribution in [0.4, 0.5) is 52.7 Å². The van der Waals surface area contributed by atoms with E-state index in [0.29, 0.717) is 0 Å². The zero-order valence-corrected chi connectivity index (χ0v) is 17.6. The van der Waals surface area contributed by atoms with Gasteiger partial charge in [0, 0.05) is 0 Å². The molecule has 0 aromatic heterocycles. The second kappa shape index (κ2) is 9.32. The van der Waals surface area contributed by atoms with Crippen molar-refractivity contribution in [2.45, 2.75) is 0 Å². The van der Waals surface area contributed by atoms with Gasteiger partial charge in [0.05, 0.1) is 0 Å². The standard InChI is InChI=1S/C20Cl2F12O2/c21-5-15(31)11(27)3(12(28)16(5)32)19(35)1-7(23)9(25)2(10(26)8(1)24)20(36)4-13(29)17(33)6(22)18(34)14(4)30. The molecule has 0 aliphatic carbocycles. The highest BCUT2D eigenvalue weighted by molar-refractivity contribution is 6.31. The Labute approximate surface area is 199 Å². The topological polar surface area (TPSA) is 34.1 Å². The molecule has 0 N–H and O–H groups in total. The van der Waals surface area contributed by atoms with Crippen LogP contribution in [0, 0.1) is 69.8 Å². The van der Waals surface area contributed by atoms with Crippen LogP contribution in [0.15, 0.2) is 0 Å². The third-order valence-corrected chi connectivity index (χ3v) is 5.25. The van der Waals surface area contributed by atoms with Crippen LogP contribution in [0.25, 0.3) is 0 Å². The second-order valence-electron chi connectivity index (χ2n) is 6.55. The van der Waals surface area contributed by atoms with Gasteiger partial charge in [0.1, 0.15) is 32.3 Å². The van der Waals surface area contributed by atoms with Crippen LogP contribution < -0.4 is 0 Å². The van der Waals surface area contributed by atoms with Crippen molar-refractivity contribution in [1.29, 1.82) is 0 Å². The lowest BCUT2D eigenvalue weighted by atomic mass is 9.94. The van der Waals surface area contributed by atoms with Gasteiger partial charge in [-0.3, -0.25) is 9.59 Å². The Hall–Kier alpha value is -3.26. The van der Waals surface area contributed by atoms with Crippen molar-refractivity contribution in [1.82, 2.24) is 0 Å². The monoisotopic (exact) mass is 570 g/mol. The number of rotatable bonds is 4. The third-order valence-electron chi connectivity index (χ3n) is 4.59. The normalized spacial score (nSPS) is 11.3. The molecule has 0 unspecified atom stereocenters. The Kier molecular flexibility index (Phi) is 7.07. The minimum Gasteiger partial charge on any atom is -0.288 e. The highest BCUT2D eigenvalue weighted by Crippen LogP contribution is 2.35. The maximum Gasteiger partial charge on any atom is 0.205 e. The summed E-state index contributed by atoms with van der Waals surface area (Å²) in [5.41, 5.74) is -9.95. The van der Waals surface area contributed by atoms with Gasteiger partial charge in [-0.15, -0.1) is 0 Å². The molecule has 0 spiro atoms. The highest BCUT2D eigenvalue weighted by Gasteiger charge is 2.39. The average molecular weight is 571 g/mol. The predicted octanol–water partition coefficient (Wildman–Crippen LogP) is 7.12. The van der Waals surface area contributed by atoms with E-state index in [-0.39, 0.29) is 0 Å². The fourth-order valence-corrected chi connectivity index (χ4v) is 3.22. The lowest BCUT2D eigenvalue weighted by Gasteiger charge is -2.13. The Balaban J connectivity index is 2.32. The molecule has 0 amide bonds. The van der Waals surface area contributed by atoms with Crippen molar-refractivity contribution in [3.8, 4) is 0 Å². The molecule has 16 heteroatoms. The van der Waals surface area contributed by atoms with E-state index in [1.54, 1.807) is 0 Å². The summed E-state index contributed by atoms with van der Waals surface area (Å²) in [4.78, 5) is 24.5.